The third kappa shape index (κ3) is 3.46. The van der Waals surface area contributed by atoms with Crippen molar-refractivity contribution in [3.63, 3.8) is 0 Å². The van der Waals surface area contributed by atoms with E-state index in [-0.39, 0.29) is 0 Å². The molecule has 1 aromatic carbocycles. The Bertz CT molecular complexity index is 381. The minimum atomic E-state index is -1.26. The molecule has 0 aromatic heterocycles. The fourth-order valence-electron chi connectivity index (χ4n) is 1.58. The van der Waals surface area contributed by atoms with Crippen LogP contribution in [0.2, 0.25) is 0 Å². The molecule has 1 aromatic rings. The number of carboxylic acid groups (broad SMARTS) is 1. The number of carboxylic acids is 1. The van der Waals surface area contributed by atoms with Crippen LogP contribution in [0.1, 0.15) is 19.4 Å². The van der Waals surface area contributed by atoms with Gasteiger partial charge in [0.25, 0.3) is 0 Å². The third-order valence-electron chi connectivity index (χ3n) is 3.02. The molecule has 0 heterocycles. The van der Waals surface area contributed by atoms with Gasteiger partial charge in [0.1, 0.15) is 5.75 Å². The molecule has 4 heteroatoms. The Morgan fingerprint density at radius 3 is 2.35 bits per heavy atom. The number of rotatable bonds is 5. The summed E-state index contributed by atoms with van der Waals surface area (Å²) in [6.07, 6.45) is 0.296. The number of hydrogen-bond acceptors (Lipinski definition) is 3. The summed E-state index contributed by atoms with van der Waals surface area (Å²) in [5.41, 5.74) is -0.385. The predicted octanol–water partition coefficient (Wildman–Crippen LogP) is 1.71. The second kappa shape index (κ2) is 5.19. The van der Waals surface area contributed by atoms with Crippen molar-refractivity contribution >= 4 is 5.97 Å². The van der Waals surface area contributed by atoms with E-state index in [0.29, 0.717) is 6.42 Å². The highest BCUT2D eigenvalue weighted by Gasteiger charge is 2.33. The highest BCUT2D eigenvalue weighted by molar-refractivity contribution is 5.71. The van der Waals surface area contributed by atoms with Crippen molar-refractivity contribution in [1.29, 1.82) is 0 Å². The van der Waals surface area contributed by atoms with Gasteiger partial charge in [-0.25, -0.2) is 0 Å². The van der Waals surface area contributed by atoms with E-state index >= 15 is 0 Å². The number of hydrogen-bond donors (Lipinski definition) is 2. The second-order valence-corrected chi connectivity index (χ2v) is 4.44. The van der Waals surface area contributed by atoms with Crippen LogP contribution in [0.25, 0.3) is 0 Å². The first-order chi connectivity index (χ1) is 7.86. The normalized spacial score (nSPS) is 16.0. The molecule has 1 rings (SSSR count). The maximum absolute atomic E-state index is 10.9. The molecule has 0 bridgehead atoms. The highest BCUT2D eigenvalue weighted by atomic mass is 16.5. The summed E-state index contributed by atoms with van der Waals surface area (Å²) in [6, 6.07) is 7.22. The van der Waals surface area contributed by atoms with E-state index in [1.807, 2.05) is 12.1 Å². The largest absolute Gasteiger partial charge is 0.497 e. The maximum Gasteiger partial charge on any atom is 0.309 e. The number of methoxy groups -OCH3 is 1. The summed E-state index contributed by atoms with van der Waals surface area (Å²) in [5, 5.41) is 19.0. The molecule has 0 saturated heterocycles. The first kappa shape index (κ1) is 13.5. The number of aliphatic carboxylic acids is 1. The molecule has 0 fully saturated rings. The van der Waals surface area contributed by atoms with Gasteiger partial charge in [0.15, 0.2) is 0 Å². The molecule has 94 valence electrons. The summed E-state index contributed by atoms with van der Waals surface area (Å²) in [7, 11) is 1.58. The molecule has 17 heavy (non-hydrogen) atoms. The lowest BCUT2D eigenvalue weighted by atomic mass is 9.85. The molecule has 4 nitrogen and oxygen atoms in total. The topological polar surface area (TPSA) is 66.8 Å². The molecular formula is C13H18O4. The highest BCUT2D eigenvalue weighted by Crippen LogP contribution is 2.23. The average molecular weight is 238 g/mol. The number of carbonyl (C=O) groups is 1. The number of benzene rings is 1. The molecular weight excluding hydrogens is 220 g/mol. The lowest BCUT2D eigenvalue weighted by Crippen LogP contribution is -2.39. The van der Waals surface area contributed by atoms with Gasteiger partial charge < -0.3 is 14.9 Å². The molecule has 0 aliphatic heterocycles. The Morgan fingerprint density at radius 1 is 1.41 bits per heavy atom. The van der Waals surface area contributed by atoms with Gasteiger partial charge in [-0.2, -0.15) is 0 Å². The average Bonchev–Trinajstić information content (AvgIpc) is 2.28. The summed E-state index contributed by atoms with van der Waals surface area (Å²) < 4.78 is 5.03. The number of aliphatic hydroxyl groups is 1. The summed E-state index contributed by atoms with van der Waals surface area (Å²) in [6.45, 7) is 3.04. The Hall–Kier alpha value is -1.55. The van der Waals surface area contributed by atoms with Crippen LogP contribution in [0.15, 0.2) is 24.3 Å². The van der Waals surface area contributed by atoms with Crippen molar-refractivity contribution < 1.29 is 19.7 Å². The molecule has 0 aliphatic rings. The van der Waals surface area contributed by atoms with Crippen molar-refractivity contribution in [2.24, 2.45) is 5.92 Å². The molecule has 0 saturated carbocycles. The summed E-state index contributed by atoms with van der Waals surface area (Å²) in [4.78, 5) is 10.9. The molecule has 2 atom stereocenters. The van der Waals surface area contributed by atoms with E-state index in [4.69, 9.17) is 9.84 Å². The van der Waals surface area contributed by atoms with Crippen molar-refractivity contribution in [3.05, 3.63) is 29.8 Å². The zero-order valence-electron chi connectivity index (χ0n) is 10.3. The molecule has 0 spiro atoms. The van der Waals surface area contributed by atoms with E-state index in [0.717, 1.165) is 11.3 Å². The van der Waals surface area contributed by atoms with E-state index in [1.54, 1.807) is 19.2 Å². The van der Waals surface area contributed by atoms with Gasteiger partial charge in [0.05, 0.1) is 18.6 Å². The fourth-order valence-corrected chi connectivity index (χ4v) is 1.58. The van der Waals surface area contributed by atoms with Crippen LogP contribution in [-0.2, 0) is 11.2 Å². The van der Waals surface area contributed by atoms with E-state index < -0.39 is 17.5 Å². The zero-order chi connectivity index (χ0) is 13.1. The second-order valence-electron chi connectivity index (χ2n) is 4.44. The SMILES string of the molecule is COc1ccc(CC(C)(O)C(C)C(=O)O)cc1. The van der Waals surface area contributed by atoms with Gasteiger partial charge >= 0.3 is 5.97 Å². The summed E-state index contributed by atoms with van der Waals surface area (Å²) in [5.74, 6) is -1.08. The zero-order valence-corrected chi connectivity index (χ0v) is 10.3. The molecule has 2 N–H and O–H groups in total. The standard InChI is InChI=1S/C13H18O4/c1-9(12(14)15)13(2,16)8-10-4-6-11(17-3)7-5-10/h4-7,9,16H,8H2,1-3H3,(H,14,15). The Balaban J connectivity index is 2.78. The minimum absolute atomic E-state index is 0.296. The first-order valence-electron chi connectivity index (χ1n) is 5.45. The quantitative estimate of drug-likeness (QED) is 0.819. The van der Waals surface area contributed by atoms with Crippen LogP contribution < -0.4 is 4.74 Å². The van der Waals surface area contributed by atoms with Crippen LogP contribution in [0.5, 0.6) is 5.75 Å². The molecule has 2 unspecified atom stereocenters. The summed E-state index contributed by atoms with van der Waals surface area (Å²) >= 11 is 0. The van der Waals surface area contributed by atoms with Crippen LogP contribution >= 0.6 is 0 Å². The fraction of sp³-hybridized carbons (Fsp3) is 0.462. The van der Waals surface area contributed by atoms with Gasteiger partial charge in [-0.05, 0) is 31.5 Å². The monoisotopic (exact) mass is 238 g/mol. The van der Waals surface area contributed by atoms with Gasteiger partial charge in [0.2, 0.25) is 0 Å². The number of ether oxygens (including phenoxy) is 1. The lowest BCUT2D eigenvalue weighted by Gasteiger charge is -2.27. The van der Waals surface area contributed by atoms with E-state index in [9.17, 15) is 9.90 Å². The Morgan fingerprint density at radius 2 is 1.94 bits per heavy atom. The molecule has 0 radical (unpaired) electrons. The van der Waals surface area contributed by atoms with Crippen molar-refractivity contribution in [1.82, 2.24) is 0 Å². The smallest absolute Gasteiger partial charge is 0.309 e. The van der Waals surface area contributed by atoms with Crippen LogP contribution in [0.3, 0.4) is 0 Å². The van der Waals surface area contributed by atoms with Crippen LogP contribution in [-0.4, -0.2) is 28.9 Å². The van der Waals surface area contributed by atoms with Crippen molar-refractivity contribution in [2.75, 3.05) is 7.11 Å². The van der Waals surface area contributed by atoms with Crippen LogP contribution in [0.4, 0.5) is 0 Å². The van der Waals surface area contributed by atoms with Crippen molar-refractivity contribution in [2.45, 2.75) is 25.9 Å². The van der Waals surface area contributed by atoms with E-state index in [2.05, 4.69) is 0 Å². The van der Waals surface area contributed by atoms with Gasteiger partial charge in [-0.3, -0.25) is 4.79 Å². The Kier molecular flexibility index (Phi) is 4.12. The van der Waals surface area contributed by atoms with Crippen molar-refractivity contribution in [3.8, 4) is 5.75 Å². The predicted molar refractivity (Wildman–Crippen MR) is 64.1 cm³/mol. The minimum Gasteiger partial charge on any atom is -0.497 e. The van der Waals surface area contributed by atoms with Crippen LogP contribution in [0, 0.1) is 5.92 Å². The van der Waals surface area contributed by atoms with Gasteiger partial charge in [-0.15, -0.1) is 0 Å². The third-order valence-corrected chi connectivity index (χ3v) is 3.02. The van der Waals surface area contributed by atoms with Gasteiger partial charge in [0, 0.05) is 6.42 Å². The van der Waals surface area contributed by atoms with Gasteiger partial charge in [-0.1, -0.05) is 12.1 Å². The maximum atomic E-state index is 10.9. The molecule has 0 aliphatic carbocycles. The van der Waals surface area contributed by atoms with E-state index in [1.165, 1.54) is 13.8 Å². The Labute approximate surface area is 101 Å². The molecule has 0 amide bonds. The lowest BCUT2D eigenvalue weighted by molar-refractivity contribution is -0.149. The first-order valence-corrected chi connectivity index (χ1v) is 5.45.